The average Bonchev–Trinajstić information content (AvgIpc) is 2.63. The number of carbonyl (C=O) groups excluding carboxylic acids is 2. The van der Waals surface area contributed by atoms with Gasteiger partial charge in [0.1, 0.15) is 18.6 Å². The van der Waals surface area contributed by atoms with E-state index >= 15 is 0 Å². The number of aliphatic imine (C=N–C) groups is 1. The molecule has 152 valence electrons. The van der Waals surface area contributed by atoms with E-state index in [0.717, 1.165) is 25.7 Å². The molecule has 6 N–H and O–H groups in total. The van der Waals surface area contributed by atoms with Crippen LogP contribution in [0.15, 0.2) is 4.99 Å². The van der Waals surface area contributed by atoms with Crippen molar-refractivity contribution >= 4 is 18.0 Å². The Morgan fingerprint density at radius 2 is 1.88 bits per heavy atom. The van der Waals surface area contributed by atoms with Crippen molar-refractivity contribution in [2.45, 2.75) is 46.5 Å². The lowest BCUT2D eigenvalue weighted by Crippen LogP contribution is -2.40. The zero-order chi connectivity index (χ0) is 20.0. The summed E-state index contributed by atoms with van der Waals surface area (Å²) >= 11 is 0. The van der Waals surface area contributed by atoms with Gasteiger partial charge in [0.2, 0.25) is 0 Å². The van der Waals surface area contributed by atoms with Crippen LogP contribution < -0.4 is 16.8 Å². The molecule has 0 rings (SSSR count). The van der Waals surface area contributed by atoms with Gasteiger partial charge in [0.05, 0.1) is 13.2 Å². The number of nitrogens with one attached hydrogen (secondary N) is 1. The monoisotopic (exact) mass is 374 g/mol. The van der Waals surface area contributed by atoms with Gasteiger partial charge < -0.3 is 31.4 Å². The first kappa shape index (κ1) is 24.0. The first-order valence-electron chi connectivity index (χ1n) is 9.03. The molecule has 0 spiro atoms. The van der Waals surface area contributed by atoms with E-state index in [9.17, 15) is 14.7 Å². The normalized spacial score (nSPS) is 13.0. The van der Waals surface area contributed by atoms with Crippen LogP contribution in [0.25, 0.3) is 0 Å². The van der Waals surface area contributed by atoms with Crippen molar-refractivity contribution in [1.29, 1.82) is 0 Å². The smallest absolute Gasteiger partial charge is 0.407 e. The molecule has 0 aromatic heterocycles. The molecule has 0 fully saturated rings. The van der Waals surface area contributed by atoms with Crippen LogP contribution in [0.3, 0.4) is 0 Å². The number of aliphatic hydroxyl groups is 1. The van der Waals surface area contributed by atoms with E-state index < -0.39 is 24.1 Å². The van der Waals surface area contributed by atoms with Gasteiger partial charge in [-0.3, -0.25) is 9.79 Å². The largest absolute Gasteiger partial charge is 0.463 e. The van der Waals surface area contributed by atoms with Crippen molar-refractivity contribution in [2.24, 2.45) is 27.8 Å². The summed E-state index contributed by atoms with van der Waals surface area (Å²) in [5, 5.41) is 12.1. The number of rotatable bonds is 13. The van der Waals surface area contributed by atoms with Crippen molar-refractivity contribution < 1.29 is 24.2 Å². The van der Waals surface area contributed by atoms with Gasteiger partial charge in [0, 0.05) is 6.54 Å². The molecular formula is C17H34N4O5. The van der Waals surface area contributed by atoms with Crippen LogP contribution in [0.5, 0.6) is 0 Å². The molecule has 0 heterocycles. The number of alkyl carbamates (subject to hydrolysis) is 1. The van der Waals surface area contributed by atoms with Crippen LogP contribution in [0.2, 0.25) is 0 Å². The van der Waals surface area contributed by atoms with E-state index in [-0.39, 0.29) is 25.7 Å². The van der Waals surface area contributed by atoms with Crippen molar-refractivity contribution in [3.63, 3.8) is 0 Å². The summed E-state index contributed by atoms with van der Waals surface area (Å²) in [6, 6.07) is 0. The Bertz CT molecular complexity index is 450. The maximum atomic E-state index is 12.0. The topological polar surface area (TPSA) is 149 Å². The van der Waals surface area contributed by atoms with Crippen LogP contribution >= 0.6 is 0 Å². The minimum absolute atomic E-state index is 0.0332. The van der Waals surface area contributed by atoms with E-state index in [1.54, 1.807) is 0 Å². The lowest BCUT2D eigenvalue weighted by molar-refractivity contribution is -0.159. The number of guanidine groups is 1. The number of aliphatic hydroxyl groups excluding tert-OH is 1. The molecule has 0 aliphatic rings. The molecule has 1 atom stereocenters. The lowest BCUT2D eigenvalue weighted by Gasteiger charge is -2.24. The Labute approximate surface area is 155 Å². The van der Waals surface area contributed by atoms with Gasteiger partial charge in [-0.1, -0.05) is 26.7 Å². The van der Waals surface area contributed by atoms with Gasteiger partial charge in [0.25, 0.3) is 0 Å². The highest BCUT2D eigenvalue weighted by atomic mass is 16.6. The van der Waals surface area contributed by atoms with E-state index in [4.69, 9.17) is 20.9 Å². The third-order valence-corrected chi connectivity index (χ3v) is 4.20. The quantitative estimate of drug-likeness (QED) is 0.161. The number of carbonyl (C=O) groups is 2. The number of nitrogens with two attached hydrogens (primary N) is 2. The predicted molar refractivity (Wildman–Crippen MR) is 99.5 cm³/mol. The lowest BCUT2D eigenvalue weighted by atomic mass is 9.93. The highest BCUT2D eigenvalue weighted by Gasteiger charge is 2.36. The fraction of sp³-hybridized carbons (Fsp3) is 0.824. The summed E-state index contributed by atoms with van der Waals surface area (Å²) in [4.78, 5) is 27.5. The van der Waals surface area contributed by atoms with Crippen molar-refractivity contribution in [3.05, 3.63) is 0 Å². The van der Waals surface area contributed by atoms with E-state index in [0.29, 0.717) is 12.5 Å². The highest BCUT2D eigenvalue weighted by Crippen LogP contribution is 2.18. The second kappa shape index (κ2) is 13.2. The fourth-order valence-corrected chi connectivity index (χ4v) is 2.21. The zero-order valence-corrected chi connectivity index (χ0v) is 16.1. The molecule has 0 saturated heterocycles. The van der Waals surface area contributed by atoms with Crippen molar-refractivity contribution in [3.8, 4) is 0 Å². The standard InChI is InChI=1S/C17H34N4O5/c1-4-13(5-2)7-6-8-21-16(24)26-12-17(3,11-22)14(23)25-10-9-20-15(18)19/h13,22H,4-12H2,1-3H3,(H,21,24)(H4,18,19,20). The van der Waals surface area contributed by atoms with Gasteiger partial charge in [-0.15, -0.1) is 0 Å². The van der Waals surface area contributed by atoms with E-state index in [2.05, 4.69) is 24.2 Å². The molecule has 0 bridgehead atoms. The summed E-state index contributed by atoms with van der Waals surface area (Å²) in [7, 11) is 0. The van der Waals surface area contributed by atoms with Gasteiger partial charge in [-0.05, 0) is 25.7 Å². The van der Waals surface area contributed by atoms with E-state index in [1.165, 1.54) is 6.92 Å². The van der Waals surface area contributed by atoms with Crippen molar-refractivity contribution in [2.75, 3.05) is 32.9 Å². The predicted octanol–water partition coefficient (Wildman–Crippen LogP) is 0.744. The molecule has 1 amide bonds. The minimum Gasteiger partial charge on any atom is -0.463 e. The van der Waals surface area contributed by atoms with Crippen LogP contribution in [-0.4, -0.2) is 56.0 Å². The maximum Gasteiger partial charge on any atom is 0.407 e. The molecule has 0 aliphatic carbocycles. The van der Waals surface area contributed by atoms with Gasteiger partial charge in [-0.2, -0.15) is 0 Å². The molecule has 0 aliphatic heterocycles. The average molecular weight is 374 g/mol. The SMILES string of the molecule is CCC(CC)CCCNC(=O)OCC(C)(CO)C(=O)OCCN=C(N)N. The zero-order valence-electron chi connectivity index (χ0n) is 16.1. The van der Waals surface area contributed by atoms with Gasteiger partial charge in [-0.25, -0.2) is 4.79 Å². The van der Waals surface area contributed by atoms with E-state index in [1.807, 2.05) is 0 Å². The number of ether oxygens (including phenoxy) is 2. The van der Waals surface area contributed by atoms with Crippen molar-refractivity contribution in [1.82, 2.24) is 5.32 Å². The van der Waals surface area contributed by atoms with Gasteiger partial charge in [0.15, 0.2) is 5.96 Å². The summed E-state index contributed by atoms with van der Waals surface area (Å²) in [6.45, 7) is 5.55. The summed E-state index contributed by atoms with van der Waals surface area (Å²) in [5.74, 6) is -0.123. The Morgan fingerprint density at radius 1 is 1.23 bits per heavy atom. The maximum absolute atomic E-state index is 12.0. The molecule has 0 aromatic carbocycles. The summed E-state index contributed by atoms with van der Waals surface area (Å²) < 4.78 is 10.0. The third kappa shape index (κ3) is 10.1. The molecule has 0 aromatic rings. The second-order valence-corrected chi connectivity index (χ2v) is 6.49. The fourth-order valence-electron chi connectivity index (χ4n) is 2.21. The number of nitrogens with zero attached hydrogens (tertiary/aromatic N) is 1. The number of esters is 1. The molecule has 0 saturated carbocycles. The summed E-state index contributed by atoms with van der Waals surface area (Å²) in [5.41, 5.74) is 8.99. The Hall–Kier alpha value is -2.03. The number of hydrogen-bond donors (Lipinski definition) is 4. The first-order valence-corrected chi connectivity index (χ1v) is 9.03. The molecule has 26 heavy (non-hydrogen) atoms. The Balaban J connectivity index is 4.17. The highest BCUT2D eigenvalue weighted by molar-refractivity contribution is 5.77. The van der Waals surface area contributed by atoms with Crippen LogP contribution in [0.1, 0.15) is 46.5 Å². The van der Waals surface area contributed by atoms with Crippen LogP contribution in [0, 0.1) is 11.3 Å². The molecule has 9 heteroatoms. The molecule has 0 radical (unpaired) electrons. The minimum atomic E-state index is -1.34. The van der Waals surface area contributed by atoms with Crippen LogP contribution in [-0.2, 0) is 14.3 Å². The number of hydrogen-bond acceptors (Lipinski definition) is 6. The molecule has 1 unspecified atom stereocenters. The third-order valence-electron chi connectivity index (χ3n) is 4.20. The summed E-state index contributed by atoms with van der Waals surface area (Å²) in [6.07, 6.45) is 3.54. The number of amides is 1. The molecule has 9 nitrogen and oxygen atoms in total. The second-order valence-electron chi connectivity index (χ2n) is 6.49. The van der Waals surface area contributed by atoms with Gasteiger partial charge >= 0.3 is 12.1 Å². The van der Waals surface area contributed by atoms with Crippen LogP contribution in [0.4, 0.5) is 4.79 Å². The Morgan fingerprint density at radius 3 is 2.42 bits per heavy atom. The molecular weight excluding hydrogens is 340 g/mol. The Kier molecular flexibility index (Phi) is 12.2. The first-order chi connectivity index (χ1) is 12.3.